The molecule has 4 aliphatic rings. The number of hydrogen-bond acceptors (Lipinski definition) is 2. The standard InChI is InChI=1S/C67H63BN2O/c1-36-27-46(44-28-41-42-29-52-53(65(7,8)26-25-64(52,5)6)33-49(42)67(11,12)51(41)35-55(44)69-38-23-21-37(22-24-38)63(2,3)4)61-62-60(36)47-32-59-45(40-18-14-16-20-58(40)71-59)31-56(47)70(62)57-30-43-39-17-13-15-19-48(39)66(9,10)50(43)34-54(57)68-61/h13-24,27-35,68-69H,25-26H2,1-12H3. The topological polar surface area (TPSA) is 30.1 Å². The van der Waals surface area contributed by atoms with Crippen LogP contribution >= 0.6 is 0 Å². The zero-order valence-corrected chi connectivity index (χ0v) is 43.6. The largest absolute Gasteiger partial charge is 0.456 e. The Morgan fingerprint density at radius 3 is 1.94 bits per heavy atom. The van der Waals surface area contributed by atoms with Crippen molar-refractivity contribution in [3.05, 3.63) is 172 Å². The van der Waals surface area contributed by atoms with Crippen molar-refractivity contribution in [1.29, 1.82) is 0 Å². The van der Waals surface area contributed by atoms with Crippen LogP contribution in [0, 0.1) is 6.92 Å². The molecule has 0 amide bonds. The van der Waals surface area contributed by atoms with Crippen molar-refractivity contribution < 1.29 is 4.42 Å². The van der Waals surface area contributed by atoms with Crippen LogP contribution in [-0.4, -0.2) is 11.8 Å². The first kappa shape index (κ1) is 43.0. The van der Waals surface area contributed by atoms with E-state index in [0.717, 1.165) is 40.6 Å². The molecule has 3 aliphatic carbocycles. The lowest BCUT2D eigenvalue weighted by molar-refractivity contribution is 0.331. The molecule has 3 nitrogen and oxygen atoms in total. The fraction of sp³-hybridized carbons (Fsp3) is 0.284. The van der Waals surface area contributed by atoms with Crippen molar-refractivity contribution in [3.8, 4) is 39.1 Å². The first-order valence-corrected chi connectivity index (χ1v) is 26.2. The van der Waals surface area contributed by atoms with Gasteiger partial charge in [0.15, 0.2) is 7.28 Å². The molecule has 1 N–H and O–H groups in total. The molecule has 14 rings (SSSR count). The minimum absolute atomic E-state index is 0.0630. The molecular weight excluding hydrogens is 860 g/mol. The number of fused-ring (bicyclic) bond motifs is 15. The fourth-order valence-corrected chi connectivity index (χ4v) is 14.1. The second kappa shape index (κ2) is 13.8. The van der Waals surface area contributed by atoms with Gasteiger partial charge < -0.3 is 14.3 Å². The number of rotatable bonds is 3. The van der Waals surface area contributed by atoms with Crippen LogP contribution in [0.25, 0.3) is 82.8 Å². The number of aryl methyl sites for hydroxylation is 1. The lowest BCUT2D eigenvalue weighted by Crippen LogP contribution is -2.38. The molecule has 0 atom stereocenters. The van der Waals surface area contributed by atoms with Crippen LogP contribution in [0.15, 0.2) is 132 Å². The second-order valence-electron chi connectivity index (χ2n) is 25.3. The third-order valence-corrected chi connectivity index (χ3v) is 18.3. The fourth-order valence-electron chi connectivity index (χ4n) is 14.1. The maximum atomic E-state index is 6.65. The van der Waals surface area contributed by atoms with Gasteiger partial charge in [0.05, 0.1) is 5.52 Å². The number of furan rings is 1. The van der Waals surface area contributed by atoms with E-state index in [-0.39, 0.29) is 27.1 Å². The summed E-state index contributed by atoms with van der Waals surface area (Å²) in [5.74, 6) is 0. The molecule has 0 saturated heterocycles. The first-order chi connectivity index (χ1) is 33.7. The molecule has 71 heavy (non-hydrogen) atoms. The van der Waals surface area contributed by atoms with Crippen LogP contribution in [-0.2, 0) is 27.1 Å². The van der Waals surface area contributed by atoms with E-state index in [0.29, 0.717) is 0 Å². The van der Waals surface area contributed by atoms with E-state index in [1.165, 1.54) is 129 Å². The number of anilines is 2. The van der Waals surface area contributed by atoms with Gasteiger partial charge in [0.2, 0.25) is 0 Å². The van der Waals surface area contributed by atoms with Gasteiger partial charge in [-0.2, -0.15) is 0 Å². The lowest BCUT2D eigenvalue weighted by Gasteiger charge is -2.42. The Hall–Kier alpha value is -6.78. The Morgan fingerprint density at radius 1 is 0.535 bits per heavy atom. The zero-order valence-electron chi connectivity index (χ0n) is 43.6. The van der Waals surface area contributed by atoms with Crippen molar-refractivity contribution in [3.63, 3.8) is 0 Å². The van der Waals surface area contributed by atoms with E-state index in [1.54, 1.807) is 0 Å². The van der Waals surface area contributed by atoms with Gasteiger partial charge >= 0.3 is 0 Å². The molecule has 0 spiro atoms. The monoisotopic (exact) mass is 923 g/mol. The number of benzene rings is 8. The summed E-state index contributed by atoms with van der Waals surface area (Å²) >= 11 is 0. The summed E-state index contributed by atoms with van der Waals surface area (Å²) in [6, 6.07) is 49.5. The van der Waals surface area contributed by atoms with E-state index in [9.17, 15) is 0 Å². The van der Waals surface area contributed by atoms with E-state index in [1.807, 2.05) is 0 Å². The van der Waals surface area contributed by atoms with Gasteiger partial charge in [-0.3, -0.25) is 0 Å². The SMILES string of the molecule is Cc1cc(-c2cc3c(cc2Nc2ccc(C(C)(C)C)cc2)C(C)(C)c2cc4c(cc2-3)C(C)(C)CCC4(C)C)c2c3c1c1cc4oc5ccccc5c4cc1n3-c1cc3c(cc1B2)C(C)(C)c1ccccc1-3. The summed E-state index contributed by atoms with van der Waals surface area (Å²) in [7, 11) is 0.826. The number of nitrogens with zero attached hydrogens (tertiary/aromatic N) is 1. The highest BCUT2D eigenvalue weighted by Crippen LogP contribution is 2.57. The predicted octanol–water partition coefficient (Wildman–Crippen LogP) is 16.4. The van der Waals surface area contributed by atoms with E-state index in [4.69, 9.17) is 4.42 Å². The highest BCUT2D eigenvalue weighted by atomic mass is 16.3. The maximum Gasteiger partial charge on any atom is 0.198 e. The van der Waals surface area contributed by atoms with Gasteiger partial charge in [0, 0.05) is 60.5 Å². The Bertz CT molecular complexity index is 4030. The zero-order chi connectivity index (χ0) is 49.1. The van der Waals surface area contributed by atoms with E-state index in [2.05, 4.69) is 220 Å². The quantitative estimate of drug-likeness (QED) is 0.179. The van der Waals surface area contributed by atoms with Gasteiger partial charge in [-0.1, -0.05) is 154 Å². The van der Waals surface area contributed by atoms with E-state index >= 15 is 0 Å². The van der Waals surface area contributed by atoms with Gasteiger partial charge in [-0.05, 0) is 168 Å². The van der Waals surface area contributed by atoms with Crippen LogP contribution in [0.1, 0.15) is 134 Å². The molecular formula is C67H63BN2O. The molecule has 1 aliphatic heterocycles. The molecule has 0 saturated carbocycles. The Morgan fingerprint density at radius 2 is 1.18 bits per heavy atom. The summed E-state index contributed by atoms with van der Waals surface area (Å²) in [6.07, 6.45) is 2.39. The molecule has 8 aromatic carbocycles. The highest BCUT2D eigenvalue weighted by molar-refractivity contribution is 6.73. The average molecular weight is 923 g/mol. The summed E-state index contributed by atoms with van der Waals surface area (Å²) in [4.78, 5) is 0. The molecule has 3 heterocycles. The molecule has 0 unspecified atom stereocenters. The predicted molar refractivity (Wildman–Crippen MR) is 303 cm³/mol. The van der Waals surface area contributed by atoms with Crippen LogP contribution in [0.2, 0.25) is 0 Å². The molecule has 0 radical (unpaired) electrons. The van der Waals surface area contributed by atoms with Crippen molar-refractivity contribution in [2.45, 2.75) is 123 Å². The van der Waals surface area contributed by atoms with Crippen LogP contribution < -0.4 is 16.2 Å². The minimum atomic E-state index is -0.187. The van der Waals surface area contributed by atoms with Crippen LogP contribution in [0.5, 0.6) is 0 Å². The van der Waals surface area contributed by atoms with Gasteiger partial charge in [-0.15, -0.1) is 0 Å². The Balaban J connectivity index is 1.07. The van der Waals surface area contributed by atoms with Crippen LogP contribution in [0.4, 0.5) is 11.4 Å². The molecule has 0 bridgehead atoms. The van der Waals surface area contributed by atoms with Crippen molar-refractivity contribution in [2.24, 2.45) is 0 Å². The van der Waals surface area contributed by atoms with Gasteiger partial charge in [-0.25, -0.2) is 0 Å². The Labute approximate surface area is 419 Å². The minimum Gasteiger partial charge on any atom is -0.456 e. The molecule has 2 aromatic heterocycles. The summed E-state index contributed by atoms with van der Waals surface area (Å²) < 4.78 is 9.29. The third kappa shape index (κ3) is 5.80. The molecule has 4 heteroatoms. The van der Waals surface area contributed by atoms with Gasteiger partial charge in [0.25, 0.3) is 0 Å². The summed E-state index contributed by atoms with van der Waals surface area (Å²) in [5, 5.41) is 8.95. The second-order valence-corrected chi connectivity index (χ2v) is 25.3. The van der Waals surface area contributed by atoms with Crippen molar-refractivity contribution in [2.75, 3.05) is 5.32 Å². The maximum absolute atomic E-state index is 6.65. The number of nitrogens with one attached hydrogen (secondary N) is 1. The number of aromatic nitrogens is 1. The normalized spacial score (nSPS) is 17.2. The molecule has 10 aromatic rings. The highest BCUT2D eigenvalue weighted by Gasteiger charge is 2.44. The smallest absolute Gasteiger partial charge is 0.198 e. The first-order valence-electron chi connectivity index (χ1n) is 26.2. The van der Waals surface area contributed by atoms with Crippen molar-refractivity contribution >= 4 is 73.3 Å². The van der Waals surface area contributed by atoms with Gasteiger partial charge in [0.1, 0.15) is 11.2 Å². The molecule has 0 fully saturated rings. The van der Waals surface area contributed by atoms with E-state index < -0.39 is 0 Å². The van der Waals surface area contributed by atoms with Crippen molar-refractivity contribution in [1.82, 2.24) is 4.57 Å². The molecule has 350 valence electrons. The third-order valence-electron chi connectivity index (χ3n) is 18.3. The average Bonchev–Trinajstić information content (AvgIpc) is 4.00. The Kier molecular flexibility index (Phi) is 8.36. The summed E-state index contributed by atoms with van der Waals surface area (Å²) in [5.41, 5.74) is 30.0. The number of para-hydroxylation sites is 1. The van der Waals surface area contributed by atoms with Crippen LogP contribution in [0.3, 0.4) is 0 Å². The number of hydrogen-bond donors (Lipinski definition) is 1. The lowest BCUT2D eigenvalue weighted by atomic mass is 9.58. The summed E-state index contributed by atoms with van der Waals surface area (Å²) in [6.45, 7) is 28.8.